The van der Waals surface area contributed by atoms with Gasteiger partial charge in [-0.05, 0) is 48.6 Å². The molecule has 3 aliphatic heterocycles. The number of nitrogens with one attached hydrogen (secondary N) is 1. The van der Waals surface area contributed by atoms with Crippen LogP contribution in [0.3, 0.4) is 0 Å². The van der Waals surface area contributed by atoms with Crippen LogP contribution in [0.2, 0.25) is 0 Å². The monoisotopic (exact) mass is 572 g/mol. The molecule has 1 unspecified atom stereocenters. The molecule has 3 heterocycles. The van der Waals surface area contributed by atoms with Crippen molar-refractivity contribution in [3.8, 4) is 0 Å². The first-order chi connectivity index (χ1) is 17.7. The van der Waals surface area contributed by atoms with Crippen LogP contribution in [0.1, 0.15) is 33.6 Å². The van der Waals surface area contributed by atoms with Gasteiger partial charge in [0.2, 0.25) is 11.8 Å². The van der Waals surface area contributed by atoms with Crippen LogP contribution >= 0.6 is 15.9 Å². The number of hydrogen-bond acceptors (Lipinski definition) is 6. The summed E-state index contributed by atoms with van der Waals surface area (Å²) in [7, 11) is 0. The van der Waals surface area contributed by atoms with Crippen LogP contribution in [0.4, 0.5) is 5.69 Å². The van der Waals surface area contributed by atoms with Gasteiger partial charge in [-0.15, -0.1) is 0 Å². The van der Waals surface area contributed by atoms with Gasteiger partial charge in [-0.25, -0.2) is 0 Å². The third-order valence-corrected chi connectivity index (χ3v) is 8.74. The molecule has 0 aliphatic carbocycles. The highest BCUT2D eigenvalue weighted by molar-refractivity contribution is 9.09. The molecule has 0 saturated carbocycles. The van der Waals surface area contributed by atoms with E-state index < -0.39 is 47.5 Å². The van der Waals surface area contributed by atoms with Gasteiger partial charge >= 0.3 is 5.97 Å². The van der Waals surface area contributed by atoms with E-state index in [2.05, 4.69) is 21.2 Å². The molecule has 3 aliphatic rings. The zero-order valence-electron chi connectivity index (χ0n) is 21.2. The Morgan fingerprint density at radius 1 is 1.24 bits per heavy atom. The predicted octanol–water partition coefficient (Wildman–Crippen LogP) is 3.50. The van der Waals surface area contributed by atoms with Crippen molar-refractivity contribution in [1.29, 1.82) is 0 Å². The molecule has 2 aromatic rings. The summed E-state index contributed by atoms with van der Waals surface area (Å²) in [6.07, 6.45) is 0.343. The lowest BCUT2D eigenvalue weighted by atomic mass is 9.70. The van der Waals surface area contributed by atoms with Crippen LogP contribution in [-0.2, 0) is 23.9 Å². The Hall–Kier alpha value is -2.49. The molecule has 9 heteroatoms. The first-order valence-electron chi connectivity index (χ1n) is 12.9. The normalized spacial score (nSPS) is 31.1. The van der Waals surface area contributed by atoms with E-state index >= 15 is 0 Å². The minimum Gasteiger partial charge on any atom is -0.466 e. The maximum absolute atomic E-state index is 14.1. The van der Waals surface area contributed by atoms with Crippen molar-refractivity contribution in [3.63, 3.8) is 0 Å². The molecule has 2 amide bonds. The fourth-order valence-corrected chi connectivity index (χ4v) is 7.51. The maximum Gasteiger partial charge on any atom is 0.312 e. The standard InChI is InChI=1S/C28H33BrN2O6/c1-4-36-27(35)21-22-26(34)31(19(14-32)11-15(2)3)24(28(22)13-20(29)23(21)37-28)25(33)30-18-10-9-16-7-5-6-8-17(16)12-18/h5-10,12,15,19-24,32H,4,11,13-14H2,1-3H3,(H,30,33)/t19-,20?,21-,22+,23-,24-,28+/m1/s1. The predicted molar refractivity (Wildman–Crippen MR) is 142 cm³/mol. The van der Waals surface area contributed by atoms with Gasteiger partial charge in [0, 0.05) is 10.5 Å². The number of esters is 1. The number of carbonyl (C=O) groups is 3. The molecule has 2 N–H and O–H groups in total. The fraction of sp³-hybridized carbons (Fsp3) is 0.536. The molecule has 3 saturated heterocycles. The summed E-state index contributed by atoms with van der Waals surface area (Å²) in [5.41, 5.74) is -0.594. The number of nitrogens with zero attached hydrogens (tertiary/aromatic N) is 1. The minimum absolute atomic E-state index is 0.175. The lowest BCUT2D eigenvalue weighted by molar-refractivity contribution is -0.155. The van der Waals surface area contributed by atoms with Crippen molar-refractivity contribution in [2.75, 3.05) is 18.5 Å². The zero-order valence-corrected chi connectivity index (χ0v) is 22.8. The van der Waals surface area contributed by atoms with E-state index in [-0.39, 0.29) is 29.9 Å². The van der Waals surface area contributed by atoms with Crippen LogP contribution in [-0.4, -0.2) is 69.6 Å². The molecular formula is C28H33BrN2O6. The Morgan fingerprint density at radius 3 is 2.65 bits per heavy atom. The Bertz CT molecular complexity index is 1220. The van der Waals surface area contributed by atoms with Gasteiger partial charge in [-0.3, -0.25) is 14.4 Å². The molecule has 8 nitrogen and oxygen atoms in total. The van der Waals surface area contributed by atoms with E-state index in [1.165, 1.54) is 4.90 Å². The van der Waals surface area contributed by atoms with Gasteiger partial charge in [0.15, 0.2) is 0 Å². The average Bonchev–Trinajstić information content (AvgIpc) is 3.45. The van der Waals surface area contributed by atoms with E-state index in [9.17, 15) is 19.5 Å². The number of aliphatic hydroxyl groups is 1. The highest BCUT2D eigenvalue weighted by Gasteiger charge is 2.77. The summed E-state index contributed by atoms with van der Waals surface area (Å²) in [5.74, 6) is -2.70. The maximum atomic E-state index is 14.1. The largest absolute Gasteiger partial charge is 0.466 e. The molecule has 0 aromatic heterocycles. The molecule has 2 aromatic carbocycles. The SMILES string of the molecule is CCOC(=O)[C@H]1[C@@H]2O[C@@]3(CC2Br)[C@@H]1C(=O)N([C@@H](CO)CC(C)C)[C@@H]3C(=O)Nc1ccc2ccccc2c1. The summed E-state index contributed by atoms with van der Waals surface area (Å²) in [5, 5.41) is 15.4. The molecule has 198 valence electrons. The van der Waals surface area contributed by atoms with Gasteiger partial charge in [-0.2, -0.15) is 0 Å². The van der Waals surface area contributed by atoms with Gasteiger partial charge in [0.25, 0.3) is 0 Å². The van der Waals surface area contributed by atoms with Crippen molar-refractivity contribution in [2.45, 2.75) is 62.2 Å². The first-order valence-corrected chi connectivity index (χ1v) is 13.8. The quantitative estimate of drug-likeness (QED) is 0.370. The number of amides is 2. The highest BCUT2D eigenvalue weighted by atomic mass is 79.9. The number of anilines is 1. The van der Waals surface area contributed by atoms with E-state index in [1.54, 1.807) is 6.92 Å². The Kier molecular flexibility index (Phi) is 7.06. The second-order valence-corrected chi connectivity index (χ2v) is 11.9. The van der Waals surface area contributed by atoms with Gasteiger partial charge in [-0.1, -0.05) is 60.1 Å². The van der Waals surface area contributed by atoms with Crippen LogP contribution in [0.15, 0.2) is 42.5 Å². The van der Waals surface area contributed by atoms with Crippen LogP contribution in [0.25, 0.3) is 10.8 Å². The number of benzene rings is 2. The van der Waals surface area contributed by atoms with Crippen LogP contribution in [0.5, 0.6) is 0 Å². The second kappa shape index (κ2) is 10.0. The van der Waals surface area contributed by atoms with E-state index in [1.807, 2.05) is 56.3 Å². The highest BCUT2D eigenvalue weighted by Crippen LogP contribution is 2.60. The zero-order chi connectivity index (χ0) is 26.5. The molecule has 2 bridgehead atoms. The number of fused-ring (bicyclic) bond motifs is 2. The molecule has 37 heavy (non-hydrogen) atoms. The second-order valence-electron chi connectivity index (χ2n) is 10.7. The van der Waals surface area contributed by atoms with E-state index in [0.29, 0.717) is 18.5 Å². The Balaban J connectivity index is 1.55. The Labute approximate surface area is 224 Å². The number of rotatable bonds is 8. The number of likely N-dealkylation sites (tertiary alicyclic amines) is 1. The first kappa shape index (κ1) is 26.1. The fourth-order valence-electron chi connectivity index (χ4n) is 6.57. The van der Waals surface area contributed by atoms with Gasteiger partial charge < -0.3 is 24.8 Å². The lowest BCUT2D eigenvalue weighted by Gasteiger charge is -2.37. The van der Waals surface area contributed by atoms with Crippen molar-refractivity contribution in [3.05, 3.63) is 42.5 Å². The molecule has 3 fully saturated rings. The third-order valence-electron chi connectivity index (χ3n) is 7.90. The average molecular weight is 573 g/mol. The number of aliphatic hydroxyl groups excluding tert-OH is 1. The third kappa shape index (κ3) is 4.25. The summed E-state index contributed by atoms with van der Waals surface area (Å²) in [4.78, 5) is 42.4. The van der Waals surface area contributed by atoms with Crippen molar-refractivity contribution in [1.82, 2.24) is 4.90 Å². The molecule has 7 atom stereocenters. The number of hydrogen-bond donors (Lipinski definition) is 2. The van der Waals surface area contributed by atoms with Crippen molar-refractivity contribution < 1.29 is 29.0 Å². The number of carbonyl (C=O) groups excluding carboxylic acids is 3. The molecule has 0 radical (unpaired) electrons. The summed E-state index contributed by atoms with van der Waals surface area (Å²) >= 11 is 3.65. The number of halogens is 1. The Morgan fingerprint density at radius 2 is 1.97 bits per heavy atom. The topological polar surface area (TPSA) is 105 Å². The summed E-state index contributed by atoms with van der Waals surface area (Å²) < 4.78 is 11.8. The lowest BCUT2D eigenvalue weighted by Crippen LogP contribution is -2.56. The number of ether oxygens (including phenoxy) is 2. The molecule has 5 rings (SSSR count). The summed E-state index contributed by atoms with van der Waals surface area (Å²) in [6.45, 7) is 5.62. The van der Waals surface area contributed by atoms with E-state index in [0.717, 1.165) is 10.8 Å². The summed E-state index contributed by atoms with van der Waals surface area (Å²) in [6, 6.07) is 11.9. The van der Waals surface area contributed by atoms with Gasteiger partial charge in [0.05, 0.1) is 37.2 Å². The smallest absolute Gasteiger partial charge is 0.312 e. The number of alkyl halides is 1. The minimum atomic E-state index is -1.20. The molecular weight excluding hydrogens is 540 g/mol. The van der Waals surface area contributed by atoms with Crippen molar-refractivity contribution >= 4 is 50.2 Å². The molecule has 1 spiro atoms. The van der Waals surface area contributed by atoms with Crippen molar-refractivity contribution in [2.24, 2.45) is 17.8 Å². The van der Waals surface area contributed by atoms with E-state index in [4.69, 9.17) is 9.47 Å². The van der Waals surface area contributed by atoms with Crippen LogP contribution in [0, 0.1) is 17.8 Å². The van der Waals surface area contributed by atoms with Crippen LogP contribution < -0.4 is 5.32 Å². The van der Waals surface area contributed by atoms with Gasteiger partial charge in [0.1, 0.15) is 11.6 Å².